The van der Waals surface area contributed by atoms with Gasteiger partial charge in [0.05, 0.1) is 5.69 Å². The number of aryl methyl sites for hydroxylation is 2. The first-order chi connectivity index (χ1) is 12.3. The highest BCUT2D eigenvalue weighted by molar-refractivity contribution is 7.89. The third kappa shape index (κ3) is 2.68. The Morgan fingerprint density at radius 1 is 1.31 bits per heavy atom. The van der Waals surface area contributed by atoms with Gasteiger partial charge in [0.2, 0.25) is 16.0 Å². The third-order valence-electron chi connectivity index (χ3n) is 5.50. The minimum absolute atomic E-state index is 0.203. The van der Waals surface area contributed by atoms with E-state index in [1.807, 2.05) is 0 Å². The highest BCUT2D eigenvalue weighted by Gasteiger charge is 2.46. The summed E-state index contributed by atoms with van der Waals surface area (Å²) in [5, 5.41) is 0. The van der Waals surface area contributed by atoms with Crippen LogP contribution in [-0.4, -0.2) is 35.8 Å². The van der Waals surface area contributed by atoms with E-state index in [-0.39, 0.29) is 16.3 Å². The number of halogens is 1. The fraction of sp³-hybridized carbons (Fsp3) is 0.444. The number of hydrogen-bond donors (Lipinski definition) is 1. The molecule has 1 fully saturated rings. The average molecular weight is 376 g/mol. The zero-order chi connectivity index (χ0) is 18.5. The molecule has 1 aliphatic carbocycles. The van der Waals surface area contributed by atoms with Gasteiger partial charge in [0, 0.05) is 24.7 Å². The molecule has 1 unspecified atom stereocenters. The summed E-state index contributed by atoms with van der Waals surface area (Å²) in [4.78, 5) is 8.22. The number of anilines is 1. The fourth-order valence-electron chi connectivity index (χ4n) is 4.19. The summed E-state index contributed by atoms with van der Waals surface area (Å²) in [7, 11) is -3.91. The molecule has 1 aromatic carbocycles. The fourth-order valence-corrected chi connectivity index (χ4v) is 5.91. The number of benzene rings is 1. The molecule has 1 aliphatic heterocycles. The average Bonchev–Trinajstić information content (AvgIpc) is 2.94. The maximum atomic E-state index is 14.2. The smallest absolute Gasteiger partial charge is 0.246 e. The molecule has 8 heteroatoms. The lowest BCUT2D eigenvalue weighted by molar-refractivity contribution is 0.219. The highest BCUT2D eigenvalue weighted by atomic mass is 32.2. The van der Waals surface area contributed by atoms with Crippen LogP contribution in [0, 0.1) is 12.7 Å². The summed E-state index contributed by atoms with van der Waals surface area (Å²) in [5.74, 6) is -0.511. The van der Waals surface area contributed by atoms with Crippen LogP contribution in [0.4, 0.5) is 10.3 Å². The van der Waals surface area contributed by atoms with E-state index >= 15 is 0 Å². The molecule has 26 heavy (non-hydrogen) atoms. The van der Waals surface area contributed by atoms with Crippen LogP contribution < -0.4 is 5.73 Å². The lowest BCUT2D eigenvalue weighted by Gasteiger charge is -2.39. The van der Waals surface area contributed by atoms with Gasteiger partial charge in [-0.1, -0.05) is 6.07 Å². The molecule has 0 radical (unpaired) electrons. The Morgan fingerprint density at radius 3 is 2.92 bits per heavy atom. The molecule has 1 spiro atoms. The van der Waals surface area contributed by atoms with Crippen LogP contribution in [0.5, 0.6) is 0 Å². The van der Waals surface area contributed by atoms with Gasteiger partial charge in [-0.05, 0) is 55.9 Å². The van der Waals surface area contributed by atoms with Gasteiger partial charge in [-0.2, -0.15) is 4.31 Å². The lowest BCUT2D eigenvalue weighted by Crippen LogP contribution is -2.48. The molecule has 138 valence electrons. The number of nitrogen functional groups attached to an aromatic ring is 1. The van der Waals surface area contributed by atoms with Crippen molar-refractivity contribution in [2.45, 2.75) is 42.9 Å². The van der Waals surface area contributed by atoms with Crippen LogP contribution in [0.3, 0.4) is 0 Å². The van der Waals surface area contributed by atoms with Crippen molar-refractivity contribution >= 4 is 16.0 Å². The number of piperidine rings is 1. The van der Waals surface area contributed by atoms with Crippen molar-refractivity contribution in [1.29, 1.82) is 0 Å². The van der Waals surface area contributed by atoms with Crippen LogP contribution in [0.1, 0.15) is 36.1 Å². The molecule has 0 amide bonds. The summed E-state index contributed by atoms with van der Waals surface area (Å²) in [6.45, 7) is 2.43. The Bertz CT molecular complexity index is 975. The monoisotopic (exact) mass is 376 g/mol. The van der Waals surface area contributed by atoms with E-state index in [9.17, 15) is 12.8 Å². The number of nitrogens with two attached hydrogens (primary N) is 1. The summed E-state index contributed by atoms with van der Waals surface area (Å²) in [6.07, 6.45) is 4.90. The van der Waals surface area contributed by atoms with E-state index in [1.165, 1.54) is 16.4 Å². The van der Waals surface area contributed by atoms with Crippen molar-refractivity contribution < 1.29 is 12.8 Å². The summed E-state index contributed by atoms with van der Waals surface area (Å²) < 4.78 is 41.9. The molecular formula is C18H21FN4O2S. The van der Waals surface area contributed by atoms with Gasteiger partial charge in [-0.3, -0.25) is 0 Å². The quantitative estimate of drug-likeness (QED) is 0.868. The number of rotatable bonds is 2. The Kier molecular flexibility index (Phi) is 4.00. The highest BCUT2D eigenvalue weighted by Crippen LogP contribution is 2.45. The minimum Gasteiger partial charge on any atom is -0.368 e. The summed E-state index contributed by atoms with van der Waals surface area (Å²) >= 11 is 0. The number of nitrogens with zero attached hydrogens (tertiary/aromatic N) is 3. The molecule has 0 saturated carbocycles. The molecule has 2 heterocycles. The summed E-state index contributed by atoms with van der Waals surface area (Å²) in [5.41, 5.74) is 8.00. The minimum atomic E-state index is -3.91. The van der Waals surface area contributed by atoms with Crippen molar-refractivity contribution in [2.24, 2.45) is 0 Å². The van der Waals surface area contributed by atoms with Crippen molar-refractivity contribution in [3.8, 4) is 0 Å². The first-order valence-electron chi connectivity index (χ1n) is 8.70. The predicted octanol–water partition coefficient (Wildman–Crippen LogP) is 2.18. The van der Waals surface area contributed by atoms with Gasteiger partial charge in [-0.15, -0.1) is 0 Å². The number of aromatic nitrogens is 2. The first-order valence-corrected chi connectivity index (χ1v) is 10.1. The second-order valence-electron chi connectivity index (χ2n) is 7.26. The van der Waals surface area contributed by atoms with Crippen molar-refractivity contribution in [3.63, 3.8) is 0 Å². The standard InChI is InChI=1S/C18H21FN4O2S/c1-12-3-4-14(19)15(9-12)26(24,25)23-8-2-6-18(11-23)7-5-13-10-21-17(20)22-16(13)18/h3-4,9-10H,2,5-8,11H2,1H3,(H2,20,21,22). The Labute approximate surface area is 152 Å². The van der Waals surface area contributed by atoms with Crippen LogP contribution in [0.2, 0.25) is 0 Å². The molecule has 1 atom stereocenters. The Hall–Kier alpha value is -2.06. The molecule has 2 N–H and O–H groups in total. The largest absolute Gasteiger partial charge is 0.368 e. The Morgan fingerprint density at radius 2 is 2.12 bits per heavy atom. The van der Waals surface area contributed by atoms with Crippen molar-refractivity contribution in [3.05, 3.63) is 47.0 Å². The second-order valence-corrected chi connectivity index (χ2v) is 9.16. The van der Waals surface area contributed by atoms with Crippen molar-refractivity contribution in [1.82, 2.24) is 14.3 Å². The van der Waals surface area contributed by atoms with E-state index in [0.717, 1.165) is 30.5 Å². The first kappa shape index (κ1) is 17.4. The van der Waals surface area contributed by atoms with Crippen LogP contribution in [-0.2, 0) is 21.9 Å². The predicted molar refractivity (Wildman–Crippen MR) is 95.6 cm³/mol. The molecule has 4 rings (SSSR count). The van der Waals surface area contributed by atoms with Crippen molar-refractivity contribution in [2.75, 3.05) is 18.8 Å². The van der Waals surface area contributed by atoms with Gasteiger partial charge in [0.1, 0.15) is 10.7 Å². The van der Waals surface area contributed by atoms with E-state index in [4.69, 9.17) is 5.73 Å². The topological polar surface area (TPSA) is 89.2 Å². The molecule has 1 aromatic heterocycles. The van der Waals surface area contributed by atoms with E-state index in [2.05, 4.69) is 9.97 Å². The van der Waals surface area contributed by atoms with Gasteiger partial charge < -0.3 is 5.73 Å². The molecule has 2 aliphatic rings. The van der Waals surface area contributed by atoms with Crippen LogP contribution in [0.25, 0.3) is 0 Å². The van der Waals surface area contributed by atoms with Gasteiger partial charge >= 0.3 is 0 Å². The van der Waals surface area contributed by atoms with E-state index < -0.39 is 15.8 Å². The zero-order valence-electron chi connectivity index (χ0n) is 14.6. The van der Waals surface area contributed by atoms with Gasteiger partial charge in [0.15, 0.2) is 0 Å². The molecule has 2 aromatic rings. The Balaban J connectivity index is 1.72. The second kappa shape index (κ2) is 5.99. The van der Waals surface area contributed by atoms with Crippen LogP contribution in [0.15, 0.2) is 29.3 Å². The normalized spacial score (nSPS) is 23.3. The maximum absolute atomic E-state index is 14.2. The molecule has 1 saturated heterocycles. The van der Waals surface area contributed by atoms with E-state index in [1.54, 1.807) is 19.2 Å². The third-order valence-corrected chi connectivity index (χ3v) is 7.36. The zero-order valence-corrected chi connectivity index (χ0v) is 15.4. The molecule has 0 bridgehead atoms. The van der Waals surface area contributed by atoms with E-state index in [0.29, 0.717) is 25.1 Å². The summed E-state index contributed by atoms with van der Waals surface area (Å²) in [6, 6.07) is 4.17. The molecule has 6 nitrogen and oxygen atoms in total. The number of hydrogen-bond acceptors (Lipinski definition) is 5. The number of fused-ring (bicyclic) bond motifs is 2. The van der Waals surface area contributed by atoms with Gasteiger partial charge in [-0.25, -0.2) is 22.8 Å². The van der Waals surface area contributed by atoms with Crippen LogP contribution >= 0.6 is 0 Å². The molecular weight excluding hydrogens is 355 g/mol. The SMILES string of the molecule is Cc1ccc(F)c(S(=O)(=O)N2CCCC3(CCc4cnc(N)nc43)C2)c1. The lowest BCUT2D eigenvalue weighted by atomic mass is 9.78. The number of sulfonamides is 1. The van der Waals surface area contributed by atoms with Gasteiger partial charge in [0.25, 0.3) is 0 Å². The maximum Gasteiger partial charge on any atom is 0.246 e.